The van der Waals surface area contributed by atoms with Crippen LogP contribution >= 0.6 is 0 Å². The van der Waals surface area contributed by atoms with Gasteiger partial charge in [0.1, 0.15) is 0 Å². The van der Waals surface area contributed by atoms with E-state index in [9.17, 15) is 8.42 Å². The van der Waals surface area contributed by atoms with E-state index in [4.69, 9.17) is 0 Å². The quantitative estimate of drug-likeness (QED) is 0.576. The summed E-state index contributed by atoms with van der Waals surface area (Å²) in [6, 6.07) is 8.84. The Morgan fingerprint density at radius 1 is 1.00 bits per heavy atom. The number of benzene rings is 1. The molecular weight excluding hydrogens is 390 g/mol. The number of fused-ring (bicyclic) bond motifs is 2. The fourth-order valence-electron chi connectivity index (χ4n) is 7.49. The van der Waals surface area contributed by atoms with Gasteiger partial charge in [0.15, 0.2) is 0 Å². The zero-order valence-electron chi connectivity index (χ0n) is 18.9. The number of rotatable bonds is 4. The third kappa shape index (κ3) is 3.21. The molecular formula is C26H39NO2S. The lowest BCUT2D eigenvalue weighted by Gasteiger charge is -2.41. The van der Waals surface area contributed by atoms with Gasteiger partial charge in [-0.3, -0.25) is 0 Å². The number of nitrogens with zero attached hydrogens (tertiary/aromatic N) is 1. The number of aryl methyl sites for hydroxylation is 1. The minimum absolute atomic E-state index is 0.130. The Balaban J connectivity index is 0.00000106. The molecule has 3 aliphatic carbocycles. The summed E-state index contributed by atoms with van der Waals surface area (Å²) in [5, 5.41) is -0.130. The lowest BCUT2D eigenvalue weighted by Crippen LogP contribution is -2.48. The summed E-state index contributed by atoms with van der Waals surface area (Å²) >= 11 is 0. The molecule has 30 heavy (non-hydrogen) atoms. The van der Waals surface area contributed by atoms with Crippen molar-refractivity contribution in [2.75, 3.05) is 13.1 Å². The van der Waals surface area contributed by atoms with Gasteiger partial charge in [0, 0.05) is 13.1 Å². The third-order valence-corrected chi connectivity index (χ3v) is 11.5. The van der Waals surface area contributed by atoms with Crippen molar-refractivity contribution < 1.29 is 8.42 Å². The first-order valence-corrected chi connectivity index (χ1v) is 13.5. The molecule has 5 rings (SSSR count). The average molecular weight is 430 g/mol. The van der Waals surface area contributed by atoms with Crippen LogP contribution in [0.15, 0.2) is 37.4 Å². The molecule has 3 unspecified atom stereocenters. The third-order valence-electron chi connectivity index (χ3n) is 9.16. The second-order valence-corrected chi connectivity index (χ2v) is 12.2. The Morgan fingerprint density at radius 3 is 2.27 bits per heavy atom. The highest BCUT2D eigenvalue weighted by molar-refractivity contribution is 7.89. The van der Waals surface area contributed by atoms with Crippen LogP contribution in [0.25, 0.3) is 0 Å². The molecule has 2 saturated carbocycles. The number of piperidine rings is 1. The standard InChI is InChI=1S/C24H35NO2S.C2H4/c1-3-19-17-22(20(4-2)24(19)11-12-24)28(26,27)25-15-13-23(14-16-25)10-9-18-7-5-6-8-21(18)23;1-2/h5-8,19-20,22H,3-4,9-17H2,1-2H3;1-2H2. The van der Waals surface area contributed by atoms with Crippen molar-refractivity contribution >= 4 is 10.0 Å². The smallest absolute Gasteiger partial charge is 0.212 e. The molecule has 4 heteroatoms. The molecule has 0 aromatic heterocycles. The highest BCUT2D eigenvalue weighted by Gasteiger charge is 2.63. The number of sulfonamides is 1. The van der Waals surface area contributed by atoms with E-state index >= 15 is 0 Å². The molecule has 1 heterocycles. The van der Waals surface area contributed by atoms with Gasteiger partial charge in [0.25, 0.3) is 0 Å². The largest absolute Gasteiger partial charge is 0.217 e. The predicted octanol–water partition coefficient (Wildman–Crippen LogP) is 5.70. The molecule has 0 radical (unpaired) electrons. The highest BCUT2D eigenvalue weighted by Crippen LogP contribution is 2.67. The Bertz CT molecular complexity index is 865. The van der Waals surface area contributed by atoms with E-state index in [1.165, 1.54) is 30.4 Å². The summed E-state index contributed by atoms with van der Waals surface area (Å²) in [7, 11) is -3.19. The zero-order chi connectivity index (χ0) is 21.6. The van der Waals surface area contributed by atoms with Gasteiger partial charge >= 0.3 is 0 Å². The highest BCUT2D eigenvalue weighted by atomic mass is 32.2. The Kier molecular flexibility index (Phi) is 5.95. The van der Waals surface area contributed by atoms with Crippen LogP contribution in [0.1, 0.15) is 76.3 Å². The second-order valence-electron chi connectivity index (χ2n) is 10.0. The van der Waals surface area contributed by atoms with Crippen molar-refractivity contribution in [2.45, 2.75) is 82.3 Å². The van der Waals surface area contributed by atoms with Gasteiger partial charge in [0.05, 0.1) is 5.25 Å². The van der Waals surface area contributed by atoms with Crippen LogP contribution in [0, 0.1) is 17.3 Å². The first-order valence-electron chi connectivity index (χ1n) is 12.0. The molecule has 166 valence electrons. The van der Waals surface area contributed by atoms with Crippen molar-refractivity contribution in [1.82, 2.24) is 4.31 Å². The van der Waals surface area contributed by atoms with Crippen LogP contribution in [0.5, 0.6) is 0 Å². The van der Waals surface area contributed by atoms with Crippen molar-refractivity contribution in [3.63, 3.8) is 0 Å². The molecule has 0 N–H and O–H groups in total. The minimum Gasteiger partial charge on any atom is -0.212 e. The molecule has 3 fully saturated rings. The maximum atomic E-state index is 13.7. The molecule has 1 saturated heterocycles. The van der Waals surface area contributed by atoms with E-state index in [1.807, 2.05) is 4.31 Å². The lowest BCUT2D eigenvalue weighted by atomic mass is 9.74. The van der Waals surface area contributed by atoms with Gasteiger partial charge < -0.3 is 0 Å². The maximum absolute atomic E-state index is 13.7. The summed E-state index contributed by atoms with van der Waals surface area (Å²) in [4.78, 5) is 0. The second kappa shape index (κ2) is 8.09. The molecule has 0 amide bonds. The van der Waals surface area contributed by atoms with E-state index in [1.54, 1.807) is 0 Å². The van der Waals surface area contributed by atoms with Crippen molar-refractivity contribution in [3.05, 3.63) is 48.6 Å². The first kappa shape index (κ1) is 22.1. The summed E-state index contributed by atoms with van der Waals surface area (Å²) in [6.07, 6.45) is 9.93. The lowest BCUT2D eigenvalue weighted by molar-refractivity contribution is 0.226. The summed E-state index contributed by atoms with van der Waals surface area (Å²) in [5.74, 6) is 1.00. The molecule has 1 aliphatic heterocycles. The SMILES string of the molecule is C=C.CCC1CC(S(=O)(=O)N2CCC3(CCc4ccccc43)CC2)C(CC)C12CC2. The molecule has 1 aromatic rings. The van der Waals surface area contributed by atoms with E-state index in [0.29, 0.717) is 30.3 Å². The van der Waals surface area contributed by atoms with Gasteiger partial charge in [-0.15, -0.1) is 13.2 Å². The molecule has 4 aliphatic rings. The van der Waals surface area contributed by atoms with Crippen LogP contribution in [0.2, 0.25) is 0 Å². The number of hydrogen-bond acceptors (Lipinski definition) is 2. The normalized spacial score (nSPS) is 31.3. The fourth-order valence-corrected chi connectivity index (χ4v) is 9.92. The van der Waals surface area contributed by atoms with Crippen LogP contribution in [0.4, 0.5) is 0 Å². The molecule has 1 aromatic carbocycles. The van der Waals surface area contributed by atoms with Crippen molar-refractivity contribution in [2.24, 2.45) is 17.3 Å². The maximum Gasteiger partial charge on any atom is 0.217 e. The van der Waals surface area contributed by atoms with E-state index in [0.717, 1.165) is 38.5 Å². The molecule has 3 atom stereocenters. The van der Waals surface area contributed by atoms with Gasteiger partial charge in [-0.25, -0.2) is 12.7 Å². The zero-order valence-corrected chi connectivity index (χ0v) is 19.7. The fraction of sp³-hybridized carbons (Fsp3) is 0.692. The summed E-state index contributed by atoms with van der Waals surface area (Å²) in [6.45, 7) is 11.9. The summed E-state index contributed by atoms with van der Waals surface area (Å²) < 4.78 is 29.3. The van der Waals surface area contributed by atoms with E-state index in [2.05, 4.69) is 51.3 Å². The Hall–Kier alpha value is -1.13. The van der Waals surface area contributed by atoms with Gasteiger partial charge in [-0.1, -0.05) is 51.0 Å². The molecule has 0 bridgehead atoms. The number of hydrogen-bond donors (Lipinski definition) is 0. The van der Waals surface area contributed by atoms with Crippen molar-refractivity contribution in [3.8, 4) is 0 Å². The van der Waals surface area contributed by atoms with Crippen LogP contribution in [-0.2, 0) is 21.9 Å². The van der Waals surface area contributed by atoms with Gasteiger partial charge in [0.2, 0.25) is 10.0 Å². The van der Waals surface area contributed by atoms with Gasteiger partial charge in [-0.05, 0) is 78.7 Å². The predicted molar refractivity (Wildman–Crippen MR) is 125 cm³/mol. The van der Waals surface area contributed by atoms with Crippen LogP contribution < -0.4 is 0 Å². The Labute approximate surface area is 184 Å². The minimum atomic E-state index is -3.19. The molecule has 2 spiro atoms. The van der Waals surface area contributed by atoms with Crippen LogP contribution in [0.3, 0.4) is 0 Å². The topological polar surface area (TPSA) is 37.4 Å². The molecule has 3 nitrogen and oxygen atoms in total. The van der Waals surface area contributed by atoms with Gasteiger partial charge in [-0.2, -0.15) is 0 Å². The monoisotopic (exact) mass is 429 g/mol. The first-order chi connectivity index (χ1) is 14.5. The van der Waals surface area contributed by atoms with Crippen LogP contribution in [-0.4, -0.2) is 31.1 Å². The van der Waals surface area contributed by atoms with Crippen molar-refractivity contribution in [1.29, 1.82) is 0 Å². The Morgan fingerprint density at radius 2 is 1.67 bits per heavy atom. The summed E-state index contributed by atoms with van der Waals surface area (Å²) in [5.41, 5.74) is 3.58. The van der Waals surface area contributed by atoms with E-state index < -0.39 is 10.0 Å². The van der Waals surface area contributed by atoms with E-state index in [-0.39, 0.29) is 10.7 Å². The average Bonchev–Trinajstić information content (AvgIpc) is 3.40.